The van der Waals surface area contributed by atoms with Crippen molar-refractivity contribution in [2.45, 2.75) is 42.9 Å². The molecule has 0 aromatic heterocycles. The Morgan fingerprint density at radius 1 is 1.14 bits per heavy atom. The number of anilines is 2. The van der Waals surface area contributed by atoms with E-state index in [4.69, 9.17) is 33.7 Å². The number of nitrogens with one attached hydrogen (secondary N) is 3. The molecule has 5 rings (SSSR count). The number of benzene rings is 3. The second-order valence-corrected chi connectivity index (χ2v) is 11.6. The molecule has 5 atom stereocenters. The highest BCUT2D eigenvalue weighted by Gasteiger charge is 2.66. The van der Waals surface area contributed by atoms with E-state index < -0.39 is 65.5 Å². The van der Waals surface area contributed by atoms with E-state index in [-0.39, 0.29) is 43.9 Å². The molecule has 44 heavy (non-hydrogen) atoms. The average molecular weight is 653 g/mol. The maximum absolute atomic E-state index is 15.9. The Kier molecular flexibility index (Phi) is 8.29. The first-order valence-corrected chi connectivity index (χ1v) is 14.1. The molecule has 1 fully saturated rings. The van der Waals surface area contributed by atoms with Crippen LogP contribution in [0.2, 0.25) is 10.0 Å². The molecular weight excluding hydrogens is 627 g/mol. The van der Waals surface area contributed by atoms with Crippen LogP contribution in [0.4, 0.5) is 28.9 Å². The van der Waals surface area contributed by atoms with E-state index in [2.05, 4.69) is 16.0 Å². The summed E-state index contributed by atoms with van der Waals surface area (Å²) < 4.78 is 62.9. The van der Waals surface area contributed by atoms with Crippen molar-refractivity contribution in [3.05, 3.63) is 87.2 Å². The zero-order chi connectivity index (χ0) is 32.1. The standard InChI is InChI=1S/C30H26Cl2F4N4O4/c1-13(30(34,35)36)10-22-29(17-8-7-15(31)12-20(17)39-28(29)43)23(16-4-3-5-18(32)24(16)33)25(40-22)27(42)38-19-9-6-14(26(37)41)11-21(19)44-2/h3-9,11-13,22-23,25,40H,10H2,1-2H3,(H2,37,41)(H,38,42)(H,39,43)/t13-,22+,23+,25-,29-/m1/s1. The highest BCUT2D eigenvalue weighted by atomic mass is 35.5. The van der Waals surface area contributed by atoms with E-state index in [1.54, 1.807) is 0 Å². The summed E-state index contributed by atoms with van der Waals surface area (Å²) in [5, 5.41) is 8.26. The van der Waals surface area contributed by atoms with Crippen molar-refractivity contribution in [1.82, 2.24) is 5.32 Å². The van der Waals surface area contributed by atoms with Crippen molar-refractivity contribution < 1.29 is 36.7 Å². The number of hydrogen-bond donors (Lipinski definition) is 4. The fourth-order valence-electron chi connectivity index (χ4n) is 6.22. The molecule has 0 radical (unpaired) electrons. The molecule has 3 aromatic carbocycles. The lowest BCUT2D eigenvalue weighted by Crippen LogP contribution is -2.49. The normalized spacial score (nSPS) is 23.3. The number of carbonyl (C=O) groups excluding carboxylic acids is 3. The van der Waals surface area contributed by atoms with Gasteiger partial charge in [0.05, 0.1) is 29.8 Å². The van der Waals surface area contributed by atoms with Crippen LogP contribution in [0.3, 0.4) is 0 Å². The van der Waals surface area contributed by atoms with Crippen molar-refractivity contribution in [2.24, 2.45) is 11.7 Å². The van der Waals surface area contributed by atoms with E-state index >= 15 is 4.39 Å². The quantitative estimate of drug-likeness (QED) is 0.241. The molecule has 0 unspecified atom stereocenters. The van der Waals surface area contributed by atoms with Crippen molar-refractivity contribution in [2.75, 3.05) is 17.7 Å². The molecule has 1 saturated heterocycles. The smallest absolute Gasteiger partial charge is 0.391 e. The molecule has 2 heterocycles. The SMILES string of the molecule is COc1cc(C(N)=O)ccc1NC(=O)[C@@H]1N[C@@H](C[C@@H](C)C(F)(F)F)[C@@]2(C(=O)Nc3cc(Cl)ccc32)[C@H]1c1cccc(Cl)c1F. The van der Waals surface area contributed by atoms with Gasteiger partial charge < -0.3 is 26.4 Å². The molecule has 5 N–H and O–H groups in total. The number of ether oxygens (including phenoxy) is 1. The van der Waals surface area contributed by atoms with Gasteiger partial charge in [0.25, 0.3) is 0 Å². The Labute approximate surface area is 259 Å². The number of nitrogens with two attached hydrogens (primary N) is 1. The third-order valence-electron chi connectivity index (χ3n) is 8.30. The second kappa shape index (κ2) is 11.6. The van der Waals surface area contributed by atoms with Crippen LogP contribution in [-0.2, 0) is 15.0 Å². The Bertz CT molecular complexity index is 1670. The Morgan fingerprint density at radius 2 is 1.86 bits per heavy atom. The van der Waals surface area contributed by atoms with Gasteiger partial charge in [0.15, 0.2) is 0 Å². The van der Waals surface area contributed by atoms with Crippen LogP contribution in [0.5, 0.6) is 5.75 Å². The lowest BCUT2D eigenvalue weighted by Gasteiger charge is -2.36. The van der Waals surface area contributed by atoms with Crippen LogP contribution in [0.1, 0.15) is 40.7 Å². The molecule has 3 aromatic rings. The number of hydrogen-bond acceptors (Lipinski definition) is 5. The number of fused-ring (bicyclic) bond motifs is 2. The lowest BCUT2D eigenvalue weighted by molar-refractivity contribution is -0.173. The maximum Gasteiger partial charge on any atom is 0.391 e. The molecule has 2 aliphatic rings. The monoisotopic (exact) mass is 652 g/mol. The first-order chi connectivity index (χ1) is 20.7. The van der Waals surface area contributed by atoms with Gasteiger partial charge in [0.2, 0.25) is 17.7 Å². The van der Waals surface area contributed by atoms with Gasteiger partial charge in [-0.05, 0) is 53.9 Å². The number of amides is 3. The number of carbonyl (C=O) groups is 3. The summed E-state index contributed by atoms with van der Waals surface area (Å²) in [6, 6.07) is 9.69. The fraction of sp³-hybridized carbons (Fsp3) is 0.300. The largest absolute Gasteiger partial charge is 0.495 e. The van der Waals surface area contributed by atoms with E-state index in [0.29, 0.717) is 0 Å². The summed E-state index contributed by atoms with van der Waals surface area (Å²) in [4.78, 5) is 39.8. The van der Waals surface area contributed by atoms with Gasteiger partial charge in [-0.15, -0.1) is 0 Å². The van der Waals surface area contributed by atoms with Gasteiger partial charge >= 0.3 is 6.18 Å². The highest BCUT2D eigenvalue weighted by molar-refractivity contribution is 6.31. The van der Waals surface area contributed by atoms with Gasteiger partial charge in [-0.25, -0.2) is 4.39 Å². The van der Waals surface area contributed by atoms with E-state index in [9.17, 15) is 27.6 Å². The second-order valence-electron chi connectivity index (χ2n) is 10.8. The minimum absolute atomic E-state index is 0.0636. The van der Waals surface area contributed by atoms with Crippen LogP contribution in [0.25, 0.3) is 0 Å². The summed E-state index contributed by atoms with van der Waals surface area (Å²) >= 11 is 12.3. The van der Waals surface area contributed by atoms with Gasteiger partial charge in [0.1, 0.15) is 17.0 Å². The van der Waals surface area contributed by atoms with Crippen LogP contribution >= 0.6 is 23.2 Å². The molecule has 232 valence electrons. The summed E-state index contributed by atoms with van der Waals surface area (Å²) in [6.07, 6.45) is -5.26. The zero-order valence-electron chi connectivity index (χ0n) is 23.2. The van der Waals surface area contributed by atoms with Gasteiger partial charge in [0, 0.05) is 28.2 Å². The van der Waals surface area contributed by atoms with Crippen molar-refractivity contribution in [3.63, 3.8) is 0 Å². The van der Waals surface area contributed by atoms with Crippen LogP contribution in [0, 0.1) is 11.7 Å². The van der Waals surface area contributed by atoms with Crippen LogP contribution < -0.4 is 26.4 Å². The molecule has 14 heteroatoms. The van der Waals surface area contributed by atoms with E-state index in [1.165, 1.54) is 61.7 Å². The molecule has 0 aliphatic carbocycles. The van der Waals surface area contributed by atoms with Crippen molar-refractivity contribution in [3.8, 4) is 5.75 Å². The van der Waals surface area contributed by atoms with Gasteiger partial charge in [-0.3, -0.25) is 14.4 Å². The summed E-state index contributed by atoms with van der Waals surface area (Å²) in [5.74, 6) is -6.44. The summed E-state index contributed by atoms with van der Waals surface area (Å²) in [7, 11) is 1.29. The topological polar surface area (TPSA) is 123 Å². The molecule has 1 spiro atoms. The summed E-state index contributed by atoms with van der Waals surface area (Å²) in [6.45, 7) is 0.971. The molecule has 0 bridgehead atoms. The van der Waals surface area contributed by atoms with E-state index in [1.807, 2.05) is 0 Å². The van der Waals surface area contributed by atoms with Crippen LogP contribution in [0.15, 0.2) is 54.6 Å². The summed E-state index contributed by atoms with van der Waals surface area (Å²) in [5.41, 5.74) is 3.97. The first kappa shape index (κ1) is 31.6. The zero-order valence-corrected chi connectivity index (χ0v) is 24.7. The molecule has 0 saturated carbocycles. The van der Waals surface area contributed by atoms with E-state index in [0.717, 1.165) is 6.92 Å². The Morgan fingerprint density at radius 3 is 2.52 bits per heavy atom. The Hall–Kier alpha value is -3.87. The molecule has 2 aliphatic heterocycles. The number of rotatable bonds is 7. The van der Waals surface area contributed by atoms with Crippen molar-refractivity contribution >= 4 is 52.3 Å². The molecule has 3 amide bonds. The predicted octanol–water partition coefficient (Wildman–Crippen LogP) is 5.78. The predicted molar refractivity (Wildman–Crippen MR) is 157 cm³/mol. The van der Waals surface area contributed by atoms with Crippen LogP contribution in [-0.4, -0.2) is 43.1 Å². The minimum Gasteiger partial charge on any atom is -0.495 e. The highest BCUT2D eigenvalue weighted by Crippen LogP contribution is 2.57. The number of alkyl halides is 3. The first-order valence-electron chi connectivity index (χ1n) is 13.4. The molecular formula is C30H26Cl2F4N4O4. The van der Waals surface area contributed by atoms with Gasteiger partial charge in [-0.2, -0.15) is 13.2 Å². The molecule has 8 nitrogen and oxygen atoms in total. The van der Waals surface area contributed by atoms with Crippen molar-refractivity contribution in [1.29, 1.82) is 0 Å². The third kappa shape index (κ3) is 5.24. The number of halogens is 6. The minimum atomic E-state index is -4.63. The van der Waals surface area contributed by atoms with Gasteiger partial charge in [-0.1, -0.05) is 48.3 Å². The maximum atomic E-state index is 15.9. The average Bonchev–Trinajstić information content (AvgIpc) is 3.44. The number of methoxy groups -OCH3 is 1. The Balaban J connectivity index is 1.70. The lowest BCUT2D eigenvalue weighted by atomic mass is 9.63. The fourth-order valence-corrected chi connectivity index (χ4v) is 6.57. The number of primary amides is 1. The third-order valence-corrected chi connectivity index (χ3v) is 8.82.